The number of nitrogens with one attached hydrogen (secondary N) is 1. The molecule has 5 aromatic heterocycles. The number of hydrogen-bond donors (Lipinski definition) is 1. The molecule has 0 aliphatic carbocycles. The number of fused-ring (bicyclic) bond motifs is 2. The summed E-state index contributed by atoms with van der Waals surface area (Å²) in [5, 5.41) is 17.1. The molecule has 6 rings (SSSR count). The SMILES string of the molecule is CCC(CC)c1ccn(-c2ccn3ncnc(Nc4ccc(C(CC)c5ccn6ncnc6c5)c(C)c4)c23)n1. The van der Waals surface area contributed by atoms with E-state index in [0.717, 1.165) is 53.3 Å². The van der Waals surface area contributed by atoms with Crippen molar-refractivity contribution in [2.45, 2.75) is 58.8 Å². The van der Waals surface area contributed by atoms with Crippen molar-refractivity contribution in [2.24, 2.45) is 0 Å². The van der Waals surface area contributed by atoms with Gasteiger partial charge in [0.2, 0.25) is 0 Å². The zero-order valence-electron chi connectivity index (χ0n) is 22.8. The second-order valence-corrected chi connectivity index (χ2v) is 9.98. The Bertz CT molecular complexity index is 1740. The highest BCUT2D eigenvalue weighted by Gasteiger charge is 2.18. The summed E-state index contributed by atoms with van der Waals surface area (Å²) in [4.78, 5) is 8.97. The van der Waals surface area contributed by atoms with Gasteiger partial charge in [-0.3, -0.25) is 0 Å². The third kappa shape index (κ3) is 4.54. The van der Waals surface area contributed by atoms with Crippen LogP contribution in [-0.4, -0.2) is 39.0 Å². The zero-order chi connectivity index (χ0) is 26.9. The van der Waals surface area contributed by atoms with Crippen LogP contribution in [0.1, 0.15) is 74.3 Å². The van der Waals surface area contributed by atoms with Crippen molar-refractivity contribution in [3.8, 4) is 5.69 Å². The molecular formula is C30H33N9. The number of aryl methyl sites for hydroxylation is 1. The van der Waals surface area contributed by atoms with Gasteiger partial charge >= 0.3 is 0 Å². The van der Waals surface area contributed by atoms with Gasteiger partial charge in [-0.1, -0.05) is 26.8 Å². The minimum Gasteiger partial charge on any atom is -0.338 e. The normalized spacial score (nSPS) is 12.5. The predicted octanol–water partition coefficient (Wildman–Crippen LogP) is 6.46. The third-order valence-electron chi connectivity index (χ3n) is 7.72. The molecule has 0 saturated heterocycles. The molecule has 0 fully saturated rings. The Morgan fingerprint density at radius 3 is 2.41 bits per heavy atom. The fraction of sp³-hybridized carbons (Fsp3) is 0.300. The maximum Gasteiger partial charge on any atom is 0.160 e. The lowest BCUT2D eigenvalue weighted by Gasteiger charge is -2.19. The van der Waals surface area contributed by atoms with Gasteiger partial charge in [-0.25, -0.2) is 23.7 Å². The molecule has 9 heteroatoms. The highest BCUT2D eigenvalue weighted by molar-refractivity contribution is 5.81. The van der Waals surface area contributed by atoms with Gasteiger partial charge in [-0.15, -0.1) is 0 Å². The molecule has 9 nitrogen and oxygen atoms in total. The van der Waals surface area contributed by atoms with Crippen molar-refractivity contribution in [1.82, 2.24) is 39.0 Å². The van der Waals surface area contributed by atoms with E-state index in [-0.39, 0.29) is 5.92 Å². The molecule has 0 saturated carbocycles. The molecule has 1 N–H and O–H groups in total. The average molecular weight is 520 g/mol. The van der Waals surface area contributed by atoms with Gasteiger partial charge in [0.25, 0.3) is 0 Å². The van der Waals surface area contributed by atoms with Crippen molar-refractivity contribution in [3.63, 3.8) is 0 Å². The Balaban J connectivity index is 1.31. The maximum absolute atomic E-state index is 4.90. The Labute approximate surface area is 227 Å². The number of anilines is 2. The molecule has 1 aromatic carbocycles. The summed E-state index contributed by atoms with van der Waals surface area (Å²) in [5.41, 5.74) is 8.54. The van der Waals surface area contributed by atoms with Gasteiger partial charge in [0.15, 0.2) is 11.5 Å². The summed E-state index contributed by atoms with van der Waals surface area (Å²) in [6.07, 6.45) is 12.3. The van der Waals surface area contributed by atoms with E-state index < -0.39 is 0 Å². The highest BCUT2D eigenvalue weighted by atomic mass is 15.3. The molecular weight excluding hydrogens is 486 g/mol. The first-order valence-corrected chi connectivity index (χ1v) is 13.6. The van der Waals surface area contributed by atoms with E-state index in [1.807, 2.05) is 33.9 Å². The number of benzene rings is 1. The van der Waals surface area contributed by atoms with E-state index in [1.54, 1.807) is 17.2 Å². The van der Waals surface area contributed by atoms with Crippen molar-refractivity contribution in [3.05, 3.63) is 96.1 Å². The van der Waals surface area contributed by atoms with Gasteiger partial charge < -0.3 is 5.32 Å². The topological polar surface area (TPSA) is 90.2 Å². The molecule has 1 atom stereocenters. The highest BCUT2D eigenvalue weighted by Crippen LogP contribution is 2.33. The van der Waals surface area contributed by atoms with Crippen LogP contribution in [0.2, 0.25) is 0 Å². The summed E-state index contributed by atoms with van der Waals surface area (Å²) in [6, 6.07) is 14.9. The van der Waals surface area contributed by atoms with E-state index in [4.69, 9.17) is 5.10 Å². The largest absolute Gasteiger partial charge is 0.338 e. The maximum atomic E-state index is 4.90. The quantitative estimate of drug-likeness (QED) is 0.236. The summed E-state index contributed by atoms with van der Waals surface area (Å²) in [6.45, 7) is 8.81. The van der Waals surface area contributed by atoms with E-state index in [2.05, 4.69) is 89.6 Å². The third-order valence-corrected chi connectivity index (χ3v) is 7.72. The Kier molecular flexibility index (Phi) is 6.56. The number of aromatic nitrogens is 8. The van der Waals surface area contributed by atoms with Crippen LogP contribution in [0.5, 0.6) is 0 Å². The van der Waals surface area contributed by atoms with Crippen LogP contribution >= 0.6 is 0 Å². The van der Waals surface area contributed by atoms with E-state index in [9.17, 15) is 0 Å². The summed E-state index contributed by atoms with van der Waals surface area (Å²) >= 11 is 0. The van der Waals surface area contributed by atoms with Gasteiger partial charge in [0.05, 0.1) is 11.4 Å². The standard InChI is InChI=1S/C30H33N9/c1-5-21(6-2)26-11-14-37(36-26)27-12-15-39-29(27)30(32-19-34-39)35-23-8-9-25(20(4)16-23)24(7-3)22-10-13-38-28(17-22)31-18-33-38/h8-19,21,24H,5-7H2,1-4H3,(H,32,34,35). The summed E-state index contributed by atoms with van der Waals surface area (Å²) < 4.78 is 5.58. The lowest BCUT2D eigenvalue weighted by molar-refractivity contribution is 0.614. The molecule has 0 aliphatic rings. The molecule has 0 amide bonds. The van der Waals surface area contributed by atoms with Crippen LogP contribution in [0.25, 0.3) is 16.9 Å². The van der Waals surface area contributed by atoms with Crippen molar-refractivity contribution < 1.29 is 0 Å². The predicted molar refractivity (Wildman–Crippen MR) is 153 cm³/mol. The molecule has 0 bridgehead atoms. The van der Waals surface area contributed by atoms with Gasteiger partial charge in [-0.2, -0.15) is 15.3 Å². The summed E-state index contributed by atoms with van der Waals surface area (Å²) in [5.74, 6) is 1.47. The molecule has 0 radical (unpaired) electrons. The smallest absolute Gasteiger partial charge is 0.160 e. The van der Waals surface area contributed by atoms with Gasteiger partial charge in [-0.05, 0) is 79.3 Å². The van der Waals surface area contributed by atoms with E-state index in [1.165, 1.54) is 16.7 Å². The molecule has 0 spiro atoms. The van der Waals surface area contributed by atoms with Crippen molar-refractivity contribution >= 4 is 22.7 Å². The van der Waals surface area contributed by atoms with Crippen LogP contribution in [0.4, 0.5) is 11.5 Å². The fourth-order valence-electron chi connectivity index (χ4n) is 5.58. The van der Waals surface area contributed by atoms with Crippen molar-refractivity contribution in [1.29, 1.82) is 0 Å². The second-order valence-electron chi connectivity index (χ2n) is 9.98. The van der Waals surface area contributed by atoms with Gasteiger partial charge in [0, 0.05) is 36.1 Å². The van der Waals surface area contributed by atoms with Crippen LogP contribution in [-0.2, 0) is 0 Å². The second kappa shape index (κ2) is 10.3. The van der Waals surface area contributed by atoms with Crippen LogP contribution in [0.3, 0.4) is 0 Å². The van der Waals surface area contributed by atoms with E-state index >= 15 is 0 Å². The Morgan fingerprint density at radius 1 is 0.821 bits per heavy atom. The van der Waals surface area contributed by atoms with Crippen LogP contribution < -0.4 is 5.32 Å². The average Bonchev–Trinajstić information content (AvgIpc) is 3.71. The Morgan fingerprint density at radius 2 is 1.62 bits per heavy atom. The van der Waals surface area contributed by atoms with Gasteiger partial charge in [0.1, 0.15) is 18.2 Å². The fourth-order valence-corrected chi connectivity index (χ4v) is 5.58. The van der Waals surface area contributed by atoms with Crippen LogP contribution in [0, 0.1) is 6.92 Å². The first-order valence-electron chi connectivity index (χ1n) is 13.6. The molecule has 39 heavy (non-hydrogen) atoms. The number of hydrogen-bond acceptors (Lipinski definition) is 6. The monoisotopic (exact) mass is 519 g/mol. The summed E-state index contributed by atoms with van der Waals surface area (Å²) in [7, 11) is 0. The molecule has 1 unspecified atom stereocenters. The first-order chi connectivity index (χ1) is 19.1. The number of pyridine rings is 1. The molecule has 6 aromatic rings. The van der Waals surface area contributed by atoms with Crippen molar-refractivity contribution in [2.75, 3.05) is 5.32 Å². The number of nitrogens with zero attached hydrogens (tertiary/aromatic N) is 8. The zero-order valence-corrected chi connectivity index (χ0v) is 22.8. The molecule has 198 valence electrons. The lowest BCUT2D eigenvalue weighted by atomic mass is 9.87. The first kappa shape index (κ1) is 24.8. The lowest BCUT2D eigenvalue weighted by Crippen LogP contribution is -2.05. The number of rotatable bonds is 9. The minimum atomic E-state index is 0.271. The molecule has 5 heterocycles. The van der Waals surface area contributed by atoms with E-state index in [0.29, 0.717) is 5.92 Å². The van der Waals surface area contributed by atoms with Crippen LogP contribution in [0.15, 0.2) is 73.7 Å². The Hall–Kier alpha value is -4.53. The minimum absolute atomic E-state index is 0.271. The molecule has 0 aliphatic heterocycles.